The molecule has 0 aliphatic rings. The van der Waals surface area contributed by atoms with Gasteiger partial charge in [0.05, 0.1) is 12.3 Å². The summed E-state index contributed by atoms with van der Waals surface area (Å²) in [4.78, 5) is 30.7. The fourth-order valence-corrected chi connectivity index (χ4v) is 1.43. The molecule has 0 bridgehead atoms. The first-order valence-electron chi connectivity index (χ1n) is 5.58. The SMILES string of the molecule is Cc1nc(C)c(C(=O)OCC(C)C)c(C(=O)O)n1. The molecule has 0 aliphatic heterocycles. The third-order valence-corrected chi connectivity index (χ3v) is 2.16. The van der Waals surface area contributed by atoms with E-state index in [1.54, 1.807) is 13.8 Å². The molecule has 0 saturated heterocycles. The summed E-state index contributed by atoms with van der Waals surface area (Å²) in [6.45, 7) is 7.15. The van der Waals surface area contributed by atoms with Crippen LogP contribution in [0.5, 0.6) is 0 Å². The first-order chi connectivity index (χ1) is 8.32. The van der Waals surface area contributed by atoms with Crippen LogP contribution in [0.3, 0.4) is 0 Å². The molecule has 98 valence electrons. The minimum Gasteiger partial charge on any atom is -0.476 e. The van der Waals surface area contributed by atoms with Crippen molar-refractivity contribution in [2.75, 3.05) is 6.61 Å². The minimum atomic E-state index is -1.26. The van der Waals surface area contributed by atoms with Gasteiger partial charge in [-0.25, -0.2) is 19.6 Å². The van der Waals surface area contributed by atoms with E-state index in [-0.39, 0.29) is 23.8 Å². The molecular formula is C12H16N2O4. The van der Waals surface area contributed by atoms with Crippen molar-refractivity contribution in [2.45, 2.75) is 27.7 Å². The molecule has 1 heterocycles. The van der Waals surface area contributed by atoms with E-state index in [0.717, 1.165) is 0 Å². The summed E-state index contributed by atoms with van der Waals surface area (Å²) < 4.78 is 5.02. The Morgan fingerprint density at radius 3 is 2.39 bits per heavy atom. The van der Waals surface area contributed by atoms with E-state index < -0.39 is 11.9 Å². The highest BCUT2D eigenvalue weighted by molar-refractivity contribution is 6.01. The van der Waals surface area contributed by atoms with E-state index in [1.165, 1.54) is 0 Å². The number of carboxylic acid groups (broad SMARTS) is 1. The van der Waals surface area contributed by atoms with Gasteiger partial charge < -0.3 is 9.84 Å². The van der Waals surface area contributed by atoms with Gasteiger partial charge in [-0.05, 0) is 19.8 Å². The summed E-state index contributed by atoms with van der Waals surface area (Å²) in [6, 6.07) is 0. The van der Waals surface area contributed by atoms with Crippen molar-refractivity contribution in [3.63, 3.8) is 0 Å². The highest BCUT2D eigenvalue weighted by Gasteiger charge is 2.23. The average molecular weight is 252 g/mol. The highest BCUT2D eigenvalue weighted by Crippen LogP contribution is 2.13. The molecule has 0 amide bonds. The van der Waals surface area contributed by atoms with Crippen LogP contribution >= 0.6 is 0 Å². The number of hydrogen-bond donors (Lipinski definition) is 1. The second-order valence-electron chi connectivity index (χ2n) is 4.38. The lowest BCUT2D eigenvalue weighted by atomic mass is 10.1. The van der Waals surface area contributed by atoms with Crippen LogP contribution in [0, 0.1) is 19.8 Å². The predicted molar refractivity (Wildman–Crippen MR) is 63.6 cm³/mol. The van der Waals surface area contributed by atoms with E-state index in [9.17, 15) is 9.59 Å². The number of carboxylic acids is 1. The van der Waals surface area contributed by atoms with Crippen LogP contribution < -0.4 is 0 Å². The van der Waals surface area contributed by atoms with Crippen molar-refractivity contribution in [2.24, 2.45) is 5.92 Å². The van der Waals surface area contributed by atoms with Gasteiger partial charge in [-0.15, -0.1) is 0 Å². The summed E-state index contributed by atoms with van der Waals surface area (Å²) in [7, 11) is 0. The Labute approximate surface area is 105 Å². The molecule has 0 saturated carbocycles. The molecule has 6 nitrogen and oxygen atoms in total. The number of carbonyl (C=O) groups excluding carboxylic acids is 1. The zero-order valence-corrected chi connectivity index (χ0v) is 10.9. The lowest BCUT2D eigenvalue weighted by molar-refractivity contribution is 0.0447. The van der Waals surface area contributed by atoms with Gasteiger partial charge in [-0.1, -0.05) is 13.8 Å². The molecule has 1 aromatic heterocycles. The molecule has 1 rings (SSSR count). The Morgan fingerprint density at radius 1 is 1.28 bits per heavy atom. The van der Waals surface area contributed by atoms with Crippen molar-refractivity contribution in [1.29, 1.82) is 0 Å². The van der Waals surface area contributed by atoms with Gasteiger partial charge in [0.1, 0.15) is 11.4 Å². The fourth-order valence-electron chi connectivity index (χ4n) is 1.43. The van der Waals surface area contributed by atoms with Gasteiger partial charge in [0.2, 0.25) is 0 Å². The van der Waals surface area contributed by atoms with Crippen LogP contribution in [-0.2, 0) is 4.74 Å². The van der Waals surface area contributed by atoms with Crippen LogP contribution in [0.25, 0.3) is 0 Å². The zero-order chi connectivity index (χ0) is 13.9. The van der Waals surface area contributed by atoms with Gasteiger partial charge in [-0.2, -0.15) is 0 Å². The largest absolute Gasteiger partial charge is 0.476 e. The number of aromatic nitrogens is 2. The molecule has 0 aliphatic carbocycles. The molecule has 0 aromatic carbocycles. The molecule has 1 N–H and O–H groups in total. The van der Waals surface area contributed by atoms with E-state index >= 15 is 0 Å². The normalized spacial score (nSPS) is 10.5. The van der Waals surface area contributed by atoms with Crippen molar-refractivity contribution in [3.8, 4) is 0 Å². The van der Waals surface area contributed by atoms with Crippen molar-refractivity contribution in [1.82, 2.24) is 9.97 Å². The summed E-state index contributed by atoms with van der Waals surface area (Å²) in [5.74, 6) is -1.47. The van der Waals surface area contributed by atoms with Crippen LogP contribution in [0.1, 0.15) is 46.2 Å². The lowest BCUT2D eigenvalue weighted by Gasteiger charge is -2.10. The van der Waals surface area contributed by atoms with Crippen LogP contribution in [-0.4, -0.2) is 33.6 Å². The Balaban J connectivity index is 3.14. The Kier molecular flexibility index (Phi) is 4.36. The summed E-state index contributed by atoms with van der Waals surface area (Å²) in [5, 5.41) is 9.04. The summed E-state index contributed by atoms with van der Waals surface area (Å²) in [6.07, 6.45) is 0. The number of rotatable bonds is 4. The van der Waals surface area contributed by atoms with E-state index in [4.69, 9.17) is 9.84 Å². The molecule has 0 unspecified atom stereocenters. The second kappa shape index (κ2) is 5.57. The third kappa shape index (κ3) is 3.26. The molecular weight excluding hydrogens is 236 g/mol. The number of nitrogens with zero attached hydrogens (tertiary/aromatic N) is 2. The number of aryl methyl sites for hydroxylation is 2. The number of hydrogen-bond acceptors (Lipinski definition) is 5. The standard InChI is InChI=1S/C12H16N2O4/c1-6(2)5-18-12(17)9-7(3)13-8(4)14-10(9)11(15)16/h6H,5H2,1-4H3,(H,15,16). The van der Waals surface area contributed by atoms with Gasteiger partial charge in [-0.3, -0.25) is 0 Å². The molecule has 0 radical (unpaired) electrons. The second-order valence-corrected chi connectivity index (χ2v) is 4.38. The van der Waals surface area contributed by atoms with Crippen LogP contribution in [0.15, 0.2) is 0 Å². The molecule has 0 fully saturated rings. The Morgan fingerprint density at radius 2 is 1.89 bits per heavy atom. The van der Waals surface area contributed by atoms with Crippen LogP contribution in [0.4, 0.5) is 0 Å². The summed E-state index contributed by atoms with van der Waals surface area (Å²) in [5.41, 5.74) is -0.0730. The Bertz CT molecular complexity index is 483. The molecule has 18 heavy (non-hydrogen) atoms. The first-order valence-corrected chi connectivity index (χ1v) is 5.58. The lowest BCUT2D eigenvalue weighted by Crippen LogP contribution is -2.19. The molecule has 1 aromatic rings. The third-order valence-electron chi connectivity index (χ3n) is 2.16. The topological polar surface area (TPSA) is 89.4 Å². The number of esters is 1. The van der Waals surface area contributed by atoms with Crippen molar-refractivity contribution in [3.05, 3.63) is 22.8 Å². The smallest absolute Gasteiger partial charge is 0.355 e. The number of carbonyl (C=O) groups is 2. The molecule has 6 heteroatoms. The van der Waals surface area contributed by atoms with E-state index in [2.05, 4.69) is 9.97 Å². The van der Waals surface area contributed by atoms with Crippen LogP contribution in [0.2, 0.25) is 0 Å². The van der Waals surface area contributed by atoms with Gasteiger partial charge in [0.15, 0.2) is 5.69 Å². The van der Waals surface area contributed by atoms with Crippen molar-refractivity contribution < 1.29 is 19.4 Å². The first kappa shape index (κ1) is 14.1. The highest BCUT2D eigenvalue weighted by atomic mass is 16.5. The molecule has 0 atom stereocenters. The van der Waals surface area contributed by atoms with Gasteiger partial charge >= 0.3 is 11.9 Å². The molecule has 0 spiro atoms. The summed E-state index contributed by atoms with van der Waals surface area (Å²) >= 11 is 0. The maximum Gasteiger partial charge on any atom is 0.355 e. The number of ether oxygens (including phenoxy) is 1. The maximum atomic E-state index is 11.8. The number of aromatic carboxylic acids is 1. The van der Waals surface area contributed by atoms with Gasteiger partial charge in [0.25, 0.3) is 0 Å². The average Bonchev–Trinajstić information content (AvgIpc) is 2.24. The minimum absolute atomic E-state index is 0.0752. The van der Waals surface area contributed by atoms with Crippen molar-refractivity contribution >= 4 is 11.9 Å². The van der Waals surface area contributed by atoms with E-state index in [0.29, 0.717) is 11.5 Å². The van der Waals surface area contributed by atoms with Gasteiger partial charge in [0, 0.05) is 0 Å². The zero-order valence-electron chi connectivity index (χ0n) is 10.9. The maximum absolute atomic E-state index is 11.8. The Hall–Kier alpha value is -1.98. The monoisotopic (exact) mass is 252 g/mol. The predicted octanol–water partition coefficient (Wildman–Crippen LogP) is 1.60. The fraction of sp³-hybridized carbons (Fsp3) is 0.500. The van der Waals surface area contributed by atoms with E-state index in [1.807, 2.05) is 13.8 Å². The quantitative estimate of drug-likeness (QED) is 0.819.